The summed E-state index contributed by atoms with van der Waals surface area (Å²) in [5, 5.41) is 19.3. The number of amides is 1. The Balaban J connectivity index is 2.04. The fourth-order valence-electron chi connectivity index (χ4n) is 2.48. The van der Waals surface area contributed by atoms with Crippen molar-refractivity contribution in [2.24, 2.45) is 5.92 Å². The lowest BCUT2D eigenvalue weighted by molar-refractivity contribution is -0.142. The Hall–Kier alpha value is -1.89. The smallest absolute Gasteiger partial charge is 0.310 e. The first kappa shape index (κ1) is 11.2. The maximum Gasteiger partial charge on any atom is 0.310 e. The topological polar surface area (TPSA) is 96.3 Å². The van der Waals surface area contributed by atoms with E-state index in [4.69, 9.17) is 5.11 Å². The Bertz CT molecular complexity index is 523. The van der Waals surface area contributed by atoms with Crippen LogP contribution in [0, 0.1) is 5.92 Å². The number of aliphatic carboxylic acids is 1. The molecule has 0 bridgehead atoms. The first-order valence-corrected chi connectivity index (χ1v) is 5.97. The van der Waals surface area contributed by atoms with Gasteiger partial charge in [-0.2, -0.15) is 5.10 Å². The highest BCUT2D eigenvalue weighted by Gasteiger charge is 2.31. The number of nitrogens with zero attached hydrogens (tertiary/aromatic N) is 2. The van der Waals surface area contributed by atoms with Gasteiger partial charge < -0.3 is 15.7 Å². The summed E-state index contributed by atoms with van der Waals surface area (Å²) in [6.07, 6.45) is 0.778. The third kappa shape index (κ3) is 1.67. The van der Waals surface area contributed by atoms with E-state index in [0.717, 1.165) is 24.2 Å². The van der Waals surface area contributed by atoms with Gasteiger partial charge in [0, 0.05) is 31.6 Å². The van der Waals surface area contributed by atoms with Crippen molar-refractivity contribution in [1.29, 1.82) is 0 Å². The molecule has 0 saturated carbocycles. The van der Waals surface area contributed by atoms with Crippen molar-refractivity contribution in [1.82, 2.24) is 20.4 Å². The molecule has 96 valence electrons. The summed E-state index contributed by atoms with van der Waals surface area (Å²) >= 11 is 0. The molecule has 3 rings (SSSR count). The van der Waals surface area contributed by atoms with Crippen molar-refractivity contribution in [3.8, 4) is 0 Å². The highest BCUT2D eigenvalue weighted by Crippen LogP contribution is 2.21. The first-order valence-electron chi connectivity index (χ1n) is 5.97. The van der Waals surface area contributed by atoms with E-state index in [0.29, 0.717) is 12.2 Å². The standard InChI is InChI=1S/C11H14N4O3/c16-10-9-7-4-12-2-1-8(7)14-15(9)5-6(3-13-10)11(17)18/h6,12H,1-5H2,(H,13,16)(H,17,18). The van der Waals surface area contributed by atoms with Gasteiger partial charge in [-0.25, -0.2) is 0 Å². The van der Waals surface area contributed by atoms with Crippen LogP contribution < -0.4 is 10.6 Å². The second kappa shape index (κ2) is 4.09. The van der Waals surface area contributed by atoms with Crippen LogP contribution in [0.15, 0.2) is 0 Å². The number of nitrogens with one attached hydrogen (secondary N) is 2. The van der Waals surface area contributed by atoms with Crippen LogP contribution in [0.1, 0.15) is 21.7 Å². The minimum absolute atomic E-state index is 0.153. The van der Waals surface area contributed by atoms with Gasteiger partial charge in [0.2, 0.25) is 0 Å². The van der Waals surface area contributed by atoms with Gasteiger partial charge in [-0.1, -0.05) is 0 Å². The predicted octanol–water partition coefficient (Wildman–Crippen LogP) is -1.03. The van der Waals surface area contributed by atoms with Gasteiger partial charge in [-0.05, 0) is 0 Å². The Morgan fingerprint density at radius 2 is 2.33 bits per heavy atom. The molecule has 0 spiro atoms. The second-order valence-corrected chi connectivity index (χ2v) is 4.63. The Kier molecular flexibility index (Phi) is 2.55. The number of carboxylic acids is 1. The van der Waals surface area contributed by atoms with Gasteiger partial charge in [0.05, 0.1) is 18.2 Å². The van der Waals surface area contributed by atoms with Crippen molar-refractivity contribution < 1.29 is 14.7 Å². The monoisotopic (exact) mass is 250 g/mol. The minimum atomic E-state index is -0.908. The molecular weight excluding hydrogens is 236 g/mol. The van der Waals surface area contributed by atoms with Gasteiger partial charge in [0.1, 0.15) is 5.69 Å². The highest BCUT2D eigenvalue weighted by atomic mass is 16.4. The van der Waals surface area contributed by atoms with E-state index < -0.39 is 11.9 Å². The molecule has 0 radical (unpaired) electrons. The van der Waals surface area contributed by atoms with Gasteiger partial charge in [0.15, 0.2) is 0 Å². The van der Waals surface area contributed by atoms with E-state index >= 15 is 0 Å². The van der Waals surface area contributed by atoms with Crippen LogP contribution in [-0.4, -0.2) is 39.9 Å². The third-order valence-corrected chi connectivity index (χ3v) is 3.44. The molecule has 1 aromatic rings. The summed E-state index contributed by atoms with van der Waals surface area (Å²) in [5.41, 5.74) is 2.33. The zero-order chi connectivity index (χ0) is 12.7. The highest BCUT2D eigenvalue weighted by molar-refractivity contribution is 5.95. The average molecular weight is 250 g/mol. The zero-order valence-corrected chi connectivity index (χ0v) is 9.77. The number of aromatic nitrogens is 2. The molecule has 1 aromatic heterocycles. The second-order valence-electron chi connectivity index (χ2n) is 4.63. The SMILES string of the molecule is O=C1NCC(C(=O)O)Cn2nc3c(c21)CNCC3. The molecule has 0 aliphatic carbocycles. The van der Waals surface area contributed by atoms with Crippen molar-refractivity contribution in [3.05, 3.63) is 17.0 Å². The van der Waals surface area contributed by atoms with E-state index in [2.05, 4.69) is 15.7 Å². The molecule has 2 aliphatic heterocycles. The third-order valence-electron chi connectivity index (χ3n) is 3.44. The first-order chi connectivity index (χ1) is 8.66. The van der Waals surface area contributed by atoms with Crippen LogP contribution in [0.3, 0.4) is 0 Å². The predicted molar refractivity (Wildman–Crippen MR) is 61.1 cm³/mol. The summed E-state index contributed by atoms with van der Waals surface area (Å²) in [4.78, 5) is 23.1. The molecule has 1 unspecified atom stereocenters. The van der Waals surface area contributed by atoms with E-state index in [9.17, 15) is 9.59 Å². The summed E-state index contributed by atoms with van der Waals surface area (Å²) < 4.78 is 1.55. The number of fused-ring (bicyclic) bond motifs is 3. The maximum absolute atomic E-state index is 12.0. The van der Waals surface area contributed by atoms with Crippen LogP contribution in [0.2, 0.25) is 0 Å². The summed E-state index contributed by atoms with van der Waals surface area (Å²) in [7, 11) is 0. The molecule has 2 aliphatic rings. The van der Waals surface area contributed by atoms with Gasteiger partial charge in [-0.15, -0.1) is 0 Å². The molecule has 3 heterocycles. The molecule has 0 fully saturated rings. The Morgan fingerprint density at radius 1 is 1.50 bits per heavy atom. The van der Waals surface area contributed by atoms with E-state index in [1.54, 1.807) is 4.68 Å². The molecule has 3 N–H and O–H groups in total. The fraction of sp³-hybridized carbons (Fsp3) is 0.545. The lowest BCUT2D eigenvalue weighted by Gasteiger charge is -2.12. The summed E-state index contributed by atoms with van der Waals surface area (Å²) in [6.45, 7) is 1.86. The number of carbonyl (C=O) groups excluding carboxylic acids is 1. The van der Waals surface area contributed by atoms with Crippen LogP contribution in [-0.2, 0) is 24.3 Å². The van der Waals surface area contributed by atoms with E-state index in [1.165, 1.54) is 0 Å². The fourth-order valence-corrected chi connectivity index (χ4v) is 2.48. The molecule has 0 saturated heterocycles. The van der Waals surface area contributed by atoms with Crippen LogP contribution in [0.25, 0.3) is 0 Å². The molecule has 7 nitrogen and oxygen atoms in total. The normalized spacial score (nSPS) is 22.7. The number of hydrogen-bond donors (Lipinski definition) is 3. The molecule has 1 atom stereocenters. The number of carbonyl (C=O) groups is 2. The van der Waals surface area contributed by atoms with Crippen LogP contribution >= 0.6 is 0 Å². The Morgan fingerprint density at radius 3 is 3.11 bits per heavy atom. The van der Waals surface area contributed by atoms with Crippen molar-refractivity contribution >= 4 is 11.9 Å². The Labute approximate surface area is 103 Å². The van der Waals surface area contributed by atoms with Gasteiger partial charge in [0.25, 0.3) is 5.91 Å². The molecule has 1 amide bonds. The van der Waals surface area contributed by atoms with E-state index in [1.807, 2.05) is 0 Å². The van der Waals surface area contributed by atoms with Crippen molar-refractivity contribution in [2.75, 3.05) is 13.1 Å². The quantitative estimate of drug-likeness (QED) is 0.592. The van der Waals surface area contributed by atoms with Crippen LogP contribution in [0.5, 0.6) is 0 Å². The number of rotatable bonds is 1. The summed E-state index contributed by atoms with van der Waals surface area (Å²) in [6, 6.07) is 0. The lowest BCUT2D eigenvalue weighted by Crippen LogP contribution is -2.32. The number of carboxylic acid groups (broad SMARTS) is 1. The van der Waals surface area contributed by atoms with E-state index in [-0.39, 0.29) is 19.0 Å². The summed E-state index contributed by atoms with van der Waals surface area (Å²) in [5.74, 6) is -1.75. The minimum Gasteiger partial charge on any atom is -0.481 e. The average Bonchev–Trinajstić information content (AvgIpc) is 2.63. The van der Waals surface area contributed by atoms with Crippen molar-refractivity contribution in [2.45, 2.75) is 19.5 Å². The zero-order valence-electron chi connectivity index (χ0n) is 9.77. The molecule has 18 heavy (non-hydrogen) atoms. The number of hydrogen-bond acceptors (Lipinski definition) is 4. The van der Waals surface area contributed by atoms with Gasteiger partial charge >= 0.3 is 5.97 Å². The molecule has 0 aromatic carbocycles. The largest absolute Gasteiger partial charge is 0.481 e. The maximum atomic E-state index is 12.0. The lowest BCUT2D eigenvalue weighted by atomic mass is 10.1. The molecular formula is C11H14N4O3. The van der Waals surface area contributed by atoms with Gasteiger partial charge in [-0.3, -0.25) is 14.3 Å². The van der Waals surface area contributed by atoms with Crippen molar-refractivity contribution in [3.63, 3.8) is 0 Å². The van der Waals surface area contributed by atoms with Crippen LogP contribution in [0.4, 0.5) is 0 Å². The molecule has 7 heteroatoms.